The molecule has 0 radical (unpaired) electrons. The van der Waals surface area contributed by atoms with Crippen molar-refractivity contribution in [3.63, 3.8) is 0 Å². The maximum atomic E-state index is 12.2. The van der Waals surface area contributed by atoms with Crippen LogP contribution in [0, 0.1) is 0 Å². The molecule has 0 fully saturated rings. The fourth-order valence-electron chi connectivity index (χ4n) is 2.92. The standard InChI is InChI=1S/C17H21NO5/c1-2-7-23-17(22)18-5-3-12-8-13(10-20)14(11-21)9-15(12)16(18)4-6-19/h2,6,8-9,16,20-21H,1,3-5,7,10-11H2/t16-/m1/s1. The summed E-state index contributed by atoms with van der Waals surface area (Å²) in [4.78, 5) is 24.8. The predicted octanol–water partition coefficient (Wildman–Crippen LogP) is 1.48. The van der Waals surface area contributed by atoms with Gasteiger partial charge in [0.1, 0.15) is 12.9 Å². The quantitative estimate of drug-likeness (QED) is 0.612. The molecule has 0 aromatic heterocycles. The fourth-order valence-corrected chi connectivity index (χ4v) is 2.92. The van der Waals surface area contributed by atoms with Gasteiger partial charge in [0.15, 0.2) is 0 Å². The lowest BCUT2D eigenvalue weighted by molar-refractivity contribution is -0.108. The molecule has 6 heteroatoms. The molecule has 1 amide bonds. The third kappa shape index (κ3) is 3.60. The molecule has 1 aliphatic rings. The lowest BCUT2D eigenvalue weighted by atomic mass is 9.87. The molecule has 2 rings (SSSR count). The highest BCUT2D eigenvalue weighted by Crippen LogP contribution is 2.34. The number of ether oxygens (including phenoxy) is 1. The minimum atomic E-state index is -0.487. The van der Waals surface area contributed by atoms with Crippen molar-refractivity contribution in [2.45, 2.75) is 32.1 Å². The van der Waals surface area contributed by atoms with Crippen molar-refractivity contribution in [2.24, 2.45) is 0 Å². The number of amides is 1. The smallest absolute Gasteiger partial charge is 0.410 e. The summed E-state index contributed by atoms with van der Waals surface area (Å²) in [5, 5.41) is 18.9. The number of nitrogens with zero attached hydrogens (tertiary/aromatic N) is 1. The number of hydrogen-bond donors (Lipinski definition) is 2. The molecule has 1 atom stereocenters. The van der Waals surface area contributed by atoms with E-state index in [2.05, 4.69) is 6.58 Å². The monoisotopic (exact) mass is 319 g/mol. The van der Waals surface area contributed by atoms with Gasteiger partial charge in [-0.3, -0.25) is 0 Å². The van der Waals surface area contributed by atoms with Gasteiger partial charge >= 0.3 is 6.09 Å². The average Bonchev–Trinajstić information content (AvgIpc) is 2.58. The lowest BCUT2D eigenvalue weighted by Crippen LogP contribution is -2.40. The van der Waals surface area contributed by atoms with Gasteiger partial charge in [0.25, 0.3) is 0 Å². The van der Waals surface area contributed by atoms with Gasteiger partial charge in [-0.05, 0) is 28.7 Å². The zero-order chi connectivity index (χ0) is 16.8. The first kappa shape index (κ1) is 17.2. The molecule has 0 saturated heterocycles. The summed E-state index contributed by atoms with van der Waals surface area (Å²) in [7, 11) is 0. The van der Waals surface area contributed by atoms with E-state index in [4.69, 9.17) is 4.74 Å². The molecule has 23 heavy (non-hydrogen) atoms. The van der Waals surface area contributed by atoms with Crippen LogP contribution in [0.1, 0.15) is 34.7 Å². The van der Waals surface area contributed by atoms with Crippen LogP contribution in [0.3, 0.4) is 0 Å². The van der Waals surface area contributed by atoms with Crippen LogP contribution in [0.5, 0.6) is 0 Å². The van der Waals surface area contributed by atoms with Crippen molar-refractivity contribution in [1.82, 2.24) is 4.90 Å². The second kappa shape index (κ2) is 7.89. The molecule has 124 valence electrons. The van der Waals surface area contributed by atoms with Crippen LogP contribution in [-0.4, -0.2) is 40.6 Å². The van der Waals surface area contributed by atoms with Gasteiger partial charge in [-0.15, -0.1) is 0 Å². The highest BCUT2D eigenvalue weighted by atomic mass is 16.6. The Morgan fingerprint density at radius 1 is 1.35 bits per heavy atom. The zero-order valence-corrected chi connectivity index (χ0v) is 12.9. The van der Waals surface area contributed by atoms with Gasteiger partial charge in [0, 0.05) is 13.0 Å². The Balaban J connectivity index is 2.38. The van der Waals surface area contributed by atoms with E-state index < -0.39 is 12.1 Å². The maximum absolute atomic E-state index is 12.2. The first-order valence-corrected chi connectivity index (χ1v) is 7.50. The van der Waals surface area contributed by atoms with E-state index in [1.807, 2.05) is 6.07 Å². The van der Waals surface area contributed by atoms with Crippen LogP contribution in [0.4, 0.5) is 4.79 Å². The molecule has 2 N–H and O–H groups in total. The molecule has 0 spiro atoms. The normalized spacial score (nSPS) is 16.6. The van der Waals surface area contributed by atoms with Gasteiger partial charge in [-0.2, -0.15) is 0 Å². The highest BCUT2D eigenvalue weighted by molar-refractivity contribution is 5.70. The van der Waals surface area contributed by atoms with Crippen molar-refractivity contribution in [3.05, 3.63) is 47.0 Å². The number of hydrogen-bond acceptors (Lipinski definition) is 5. The van der Waals surface area contributed by atoms with Crippen LogP contribution in [0.25, 0.3) is 0 Å². The van der Waals surface area contributed by atoms with E-state index in [9.17, 15) is 19.8 Å². The van der Waals surface area contributed by atoms with Crippen LogP contribution in [0.15, 0.2) is 24.8 Å². The van der Waals surface area contributed by atoms with Crippen molar-refractivity contribution in [2.75, 3.05) is 13.2 Å². The number of carbonyl (C=O) groups is 2. The van der Waals surface area contributed by atoms with E-state index in [1.165, 1.54) is 11.0 Å². The molecule has 0 saturated carbocycles. The molecular weight excluding hydrogens is 298 g/mol. The van der Waals surface area contributed by atoms with Gasteiger partial charge in [0.2, 0.25) is 0 Å². The SMILES string of the molecule is C=CCOC(=O)N1CCc2cc(CO)c(CO)cc2[C@H]1CC=O. The summed E-state index contributed by atoms with van der Waals surface area (Å²) in [6.45, 7) is 3.68. The highest BCUT2D eigenvalue weighted by Gasteiger charge is 2.32. The molecule has 1 aliphatic heterocycles. The molecule has 1 heterocycles. The van der Waals surface area contributed by atoms with E-state index in [0.717, 1.165) is 17.4 Å². The van der Waals surface area contributed by atoms with Crippen LogP contribution in [0.2, 0.25) is 0 Å². The molecule has 6 nitrogen and oxygen atoms in total. The van der Waals surface area contributed by atoms with Gasteiger partial charge in [-0.25, -0.2) is 4.79 Å². The summed E-state index contributed by atoms with van der Waals surface area (Å²) >= 11 is 0. The predicted molar refractivity (Wildman–Crippen MR) is 83.7 cm³/mol. The van der Waals surface area contributed by atoms with Gasteiger partial charge in [-0.1, -0.05) is 24.8 Å². The maximum Gasteiger partial charge on any atom is 0.410 e. The molecule has 1 aromatic rings. The lowest BCUT2D eigenvalue weighted by Gasteiger charge is -2.36. The second-order valence-electron chi connectivity index (χ2n) is 5.36. The first-order chi connectivity index (χ1) is 11.2. The number of aliphatic hydroxyl groups is 2. The van der Waals surface area contributed by atoms with E-state index in [-0.39, 0.29) is 26.2 Å². The molecule has 1 aromatic carbocycles. The van der Waals surface area contributed by atoms with Crippen LogP contribution < -0.4 is 0 Å². The van der Waals surface area contributed by atoms with Crippen molar-refractivity contribution < 1.29 is 24.5 Å². The second-order valence-corrected chi connectivity index (χ2v) is 5.36. The molecular formula is C17H21NO5. The molecule has 0 aliphatic carbocycles. The number of rotatable bonds is 6. The number of aldehydes is 1. The Bertz CT molecular complexity index is 599. The summed E-state index contributed by atoms with van der Waals surface area (Å²) in [5.41, 5.74) is 3.06. The Kier molecular flexibility index (Phi) is 5.90. The van der Waals surface area contributed by atoms with Gasteiger partial charge < -0.3 is 24.6 Å². The summed E-state index contributed by atoms with van der Waals surface area (Å²) < 4.78 is 5.09. The largest absolute Gasteiger partial charge is 0.445 e. The van der Waals surface area contributed by atoms with Gasteiger partial charge in [0.05, 0.1) is 19.3 Å². The molecule has 0 bridgehead atoms. The Hall–Kier alpha value is -2.18. The molecule has 0 unspecified atom stereocenters. The van der Waals surface area contributed by atoms with Crippen LogP contribution in [-0.2, 0) is 29.2 Å². The number of benzene rings is 1. The Morgan fingerprint density at radius 3 is 2.65 bits per heavy atom. The number of carbonyl (C=O) groups excluding carboxylic acids is 2. The first-order valence-electron chi connectivity index (χ1n) is 7.50. The fraction of sp³-hybridized carbons (Fsp3) is 0.412. The minimum Gasteiger partial charge on any atom is -0.445 e. The summed E-state index contributed by atoms with van der Waals surface area (Å²) in [5.74, 6) is 0. The van der Waals surface area contributed by atoms with E-state index in [0.29, 0.717) is 24.1 Å². The zero-order valence-electron chi connectivity index (χ0n) is 12.9. The number of aliphatic hydroxyl groups excluding tert-OH is 2. The average molecular weight is 319 g/mol. The van der Waals surface area contributed by atoms with Crippen LogP contribution >= 0.6 is 0 Å². The van der Waals surface area contributed by atoms with Crippen molar-refractivity contribution >= 4 is 12.4 Å². The third-order valence-corrected chi connectivity index (χ3v) is 4.04. The summed E-state index contributed by atoms with van der Waals surface area (Å²) in [6, 6.07) is 3.18. The number of fused-ring (bicyclic) bond motifs is 1. The third-order valence-electron chi connectivity index (χ3n) is 4.04. The topological polar surface area (TPSA) is 87.1 Å². The Labute approximate surface area is 135 Å². The Morgan fingerprint density at radius 2 is 2.04 bits per heavy atom. The summed E-state index contributed by atoms with van der Waals surface area (Å²) in [6.07, 6.45) is 2.53. The van der Waals surface area contributed by atoms with Crippen molar-refractivity contribution in [3.8, 4) is 0 Å². The van der Waals surface area contributed by atoms with Crippen molar-refractivity contribution in [1.29, 1.82) is 0 Å². The van der Waals surface area contributed by atoms with E-state index in [1.54, 1.807) is 6.07 Å². The van der Waals surface area contributed by atoms with E-state index >= 15 is 0 Å². The minimum absolute atomic E-state index is 0.112.